The molecule has 0 amide bonds. The number of carbonyl (C=O) groups excluding carboxylic acids is 1. The molecule has 1 heterocycles. The van der Waals surface area contributed by atoms with Crippen molar-refractivity contribution in [2.75, 3.05) is 5.32 Å². The summed E-state index contributed by atoms with van der Waals surface area (Å²) < 4.78 is 6.32. The van der Waals surface area contributed by atoms with Crippen LogP contribution in [0.3, 0.4) is 0 Å². The minimum absolute atomic E-state index is 0.248. The summed E-state index contributed by atoms with van der Waals surface area (Å²) in [5, 5.41) is 3.16. The van der Waals surface area contributed by atoms with E-state index in [1.807, 2.05) is 32.9 Å². The molecule has 0 saturated heterocycles. The van der Waals surface area contributed by atoms with Gasteiger partial charge in [0.2, 0.25) is 0 Å². The molecule has 0 atom stereocenters. The van der Waals surface area contributed by atoms with E-state index in [4.69, 9.17) is 4.74 Å². The van der Waals surface area contributed by atoms with Gasteiger partial charge in [0, 0.05) is 10.5 Å². The number of hydrogen-bond donors (Lipinski definition) is 1. The lowest BCUT2D eigenvalue weighted by Crippen LogP contribution is -2.15. The van der Waals surface area contributed by atoms with Crippen molar-refractivity contribution in [2.24, 2.45) is 0 Å². The van der Waals surface area contributed by atoms with Crippen LogP contribution in [0.4, 0.5) is 5.82 Å². The summed E-state index contributed by atoms with van der Waals surface area (Å²) in [5.74, 6) is 0.695. The van der Waals surface area contributed by atoms with E-state index in [2.05, 4.69) is 26.2 Å². The number of hydrogen-bond acceptors (Lipinski definition) is 4. The molecule has 110 valence electrons. The van der Waals surface area contributed by atoms with Crippen LogP contribution in [0.25, 0.3) is 0 Å². The fourth-order valence-corrected chi connectivity index (χ4v) is 2.01. The summed E-state index contributed by atoms with van der Waals surface area (Å²) in [6, 6.07) is 10.9. The standard InChI is InChI=1S/C16H17BrN2O2/c1-10(2)18-15-6-4-5-14(19-15)16(20)21-12-7-8-13(17)11(3)9-12/h4-10H,1-3H3,(H,18,19). The average Bonchev–Trinajstić information content (AvgIpc) is 2.42. The number of aryl methyl sites for hydroxylation is 1. The first kappa shape index (κ1) is 15.5. The molecule has 2 rings (SSSR count). The van der Waals surface area contributed by atoms with E-state index in [0.717, 1.165) is 10.0 Å². The maximum Gasteiger partial charge on any atom is 0.362 e. The first-order valence-electron chi connectivity index (χ1n) is 6.67. The molecule has 0 bridgehead atoms. The Labute approximate surface area is 132 Å². The number of carbonyl (C=O) groups is 1. The predicted molar refractivity (Wildman–Crippen MR) is 86.8 cm³/mol. The molecule has 1 aromatic carbocycles. The summed E-state index contributed by atoms with van der Waals surface area (Å²) in [7, 11) is 0. The van der Waals surface area contributed by atoms with Crippen LogP contribution in [0.5, 0.6) is 5.75 Å². The highest BCUT2D eigenvalue weighted by Crippen LogP contribution is 2.22. The number of halogens is 1. The fraction of sp³-hybridized carbons (Fsp3) is 0.250. The molecule has 1 N–H and O–H groups in total. The van der Waals surface area contributed by atoms with Gasteiger partial charge in [0.25, 0.3) is 0 Å². The lowest BCUT2D eigenvalue weighted by atomic mass is 10.2. The second kappa shape index (κ2) is 6.72. The molecule has 0 aliphatic carbocycles. The molecule has 0 spiro atoms. The topological polar surface area (TPSA) is 51.2 Å². The number of rotatable bonds is 4. The Morgan fingerprint density at radius 2 is 2.05 bits per heavy atom. The second-order valence-electron chi connectivity index (χ2n) is 5.01. The minimum Gasteiger partial charge on any atom is -0.422 e. The van der Waals surface area contributed by atoms with E-state index in [1.54, 1.807) is 24.3 Å². The first-order chi connectivity index (χ1) is 9.95. The Bertz CT molecular complexity index is 656. The third-order valence-corrected chi connectivity index (χ3v) is 3.62. The molecule has 1 aromatic heterocycles. The molecule has 2 aromatic rings. The van der Waals surface area contributed by atoms with Crippen LogP contribution in [0.2, 0.25) is 0 Å². The zero-order valence-corrected chi connectivity index (χ0v) is 13.8. The van der Waals surface area contributed by atoms with Gasteiger partial charge in [0.05, 0.1) is 0 Å². The molecule has 21 heavy (non-hydrogen) atoms. The minimum atomic E-state index is -0.468. The maximum absolute atomic E-state index is 12.1. The SMILES string of the molecule is Cc1cc(OC(=O)c2cccc(NC(C)C)n2)ccc1Br. The summed E-state index contributed by atoms with van der Waals surface area (Å²) in [6.07, 6.45) is 0. The molecule has 0 saturated carbocycles. The van der Waals surface area contributed by atoms with Crippen molar-refractivity contribution in [1.29, 1.82) is 0 Å². The van der Waals surface area contributed by atoms with Gasteiger partial charge in [-0.05, 0) is 56.7 Å². The Morgan fingerprint density at radius 3 is 2.71 bits per heavy atom. The van der Waals surface area contributed by atoms with Crippen molar-refractivity contribution in [2.45, 2.75) is 26.8 Å². The largest absolute Gasteiger partial charge is 0.422 e. The summed E-state index contributed by atoms with van der Waals surface area (Å²) in [5.41, 5.74) is 1.28. The normalized spacial score (nSPS) is 10.5. The van der Waals surface area contributed by atoms with E-state index in [-0.39, 0.29) is 11.7 Å². The van der Waals surface area contributed by atoms with Gasteiger partial charge in [0.1, 0.15) is 11.6 Å². The van der Waals surface area contributed by atoms with Gasteiger partial charge in [-0.25, -0.2) is 9.78 Å². The van der Waals surface area contributed by atoms with Gasteiger partial charge in [-0.2, -0.15) is 0 Å². The zero-order valence-electron chi connectivity index (χ0n) is 12.2. The van der Waals surface area contributed by atoms with E-state index in [9.17, 15) is 4.79 Å². The zero-order chi connectivity index (χ0) is 15.4. The van der Waals surface area contributed by atoms with E-state index in [1.165, 1.54) is 0 Å². The lowest BCUT2D eigenvalue weighted by molar-refractivity contribution is 0.0728. The average molecular weight is 349 g/mol. The van der Waals surface area contributed by atoms with E-state index in [0.29, 0.717) is 11.6 Å². The molecule has 0 aliphatic heterocycles. The van der Waals surface area contributed by atoms with Crippen molar-refractivity contribution in [3.8, 4) is 5.75 Å². The monoisotopic (exact) mass is 348 g/mol. The number of anilines is 1. The number of esters is 1. The van der Waals surface area contributed by atoms with E-state index >= 15 is 0 Å². The highest BCUT2D eigenvalue weighted by atomic mass is 79.9. The molecule has 0 aliphatic rings. The number of nitrogens with one attached hydrogen (secondary N) is 1. The van der Waals surface area contributed by atoms with Crippen molar-refractivity contribution in [3.05, 3.63) is 52.1 Å². The predicted octanol–water partition coefficient (Wildman–Crippen LogP) is 4.19. The number of pyridine rings is 1. The Hall–Kier alpha value is -1.88. The van der Waals surface area contributed by atoms with Crippen molar-refractivity contribution >= 4 is 27.7 Å². The van der Waals surface area contributed by atoms with Crippen LogP contribution in [-0.2, 0) is 0 Å². The van der Waals surface area contributed by atoms with Crippen LogP contribution in [0, 0.1) is 6.92 Å². The van der Waals surface area contributed by atoms with Gasteiger partial charge in [0.15, 0.2) is 5.69 Å². The Balaban J connectivity index is 2.14. The molecular weight excluding hydrogens is 332 g/mol. The number of nitrogens with zero attached hydrogens (tertiary/aromatic N) is 1. The molecule has 0 radical (unpaired) electrons. The first-order valence-corrected chi connectivity index (χ1v) is 7.47. The fourth-order valence-electron chi connectivity index (χ4n) is 1.76. The number of ether oxygens (including phenoxy) is 1. The van der Waals surface area contributed by atoms with Crippen LogP contribution in [0.15, 0.2) is 40.9 Å². The Morgan fingerprint density at radius 1 is 1.29 bits per heavy atom. The lowest BCUT2D eigenvalue weighted by Gasteiger charge is -2.10. The molecule has 4 nitrogen and oxygen atoms in total. The van der Waals surface area contributed by atoms with Crippen LogP contribution in [0.1, 0.15) is 29.9 Å². The quantitative estimate of drug-likeness (QED) is 0.664. The van der Waals surface area contributed by atoms with Crippen molar-refractivity contribution < 1.29 is 9.53 Å². The van der Waals surface area contributed by atoms with Gasteiger partial charge in [-0.3, -0.25) is 0 Å². The molecular formula is C16H17BrN2O2. The molecule has 5 heteroatoms. The maximum atomic E-state index is 12.1. The van der Waals surface area contributed by atoms with E-state index < -0.39 is 5.97 Å². The summed E-state index contributed by atoms with van der Waals surface area (Å²) in [6.45, 7) is 5.96. The number of aromatic nitrogens is 1. The third kappa shape index (κ3) is 4.29. The summed E-state index contributed by atoms with van der Waals surface area (Å²) in [4.78, 5) is 16.4. The van der Waals surface area contributed by atoms with Gasteiger partial charge in [-0.1, -0.05) is 22.0 Å². The highest BCUT2D eigenvalue weighted by Gasteiger charge is 2.12. The van der Waals surface area contributed by atoms with Crippen LogP contribution in [-0.4, -0.2) is 17.0 Å². The van der Waals surface area contributed by atoms with Crippen LogP contribution < -0.4 is 10.1 Å². The van der Waals surface area contributed by atoms with Gasteiger partial charge in [-0.15, -0.1) is 0 Å². The Kier molecular flexibility index (Phi) is 4.96. The number of benzene rings is 1. The van der Waals surface area contributed by atoms with Crippen molar-refractivity contribution in [3.63, 3.8) is 0 Å². The van der Waals surface area contributed by atoms with Gasteiger partial charge >= 0.3 is 5.97 Å². The van der Waals surface area contributed by atoms with Gasteiger partial charge < -0.3 is 10.1 Å². The second-order valence-corrected chi connectivity index (χ2v) is 5.86. The van der Waals surface area contributed by atoms with Crippen molar-refractivity contribution in [1.82, 2.24) is 4.98 Å². The molecule has 0 unspecified atom stereocenters. The summed E-state index contributed by atoms with van der Waals surface area (Å²) >= 11 is 3.41. The highest BCUT2D eigenvalue weighted by molar-refractivity contribution is 9.10. The molecule has 0 fully saturated rings. The van der Waals surface area contributed by atoms with Crippen LogP contribution >= 0.6 is 15.9 Å². The third-order valence-electron chi connectivity index (χ3n) is 2.73. The smallest absolute Gasteiger partial charge is 0.362 e.